The van der Waals surface area contributed by atoms with Gasteiger partial charge in [-0.3, -0.25) is 4.79 Å². The average molecular weight is 345 g/mol. The topological polar surface area (TPSA) is 78.5 Å². The Morgan fingerprint density at radius 2 is 2.23 bits per heavy atom. The van der Waals surface area contributed by atoms with Crippen LogP contribution in [-0.2, 0) is 14.8 Å². The molecular weight excluding hydrogens is 322 g/mol. The Labute approximate surface area is 135 Å². The van der Waals surface area contributed by atoms with Gasteiger partial charge in [0.05, 0.1) is 0 Å². The predicted molar refractivity (Wildman–Crippen MR) is 87.5 cm³/mol. The first-order chi connectivity index (χ1) is 10.4. The Morgan fingerprint density at radius 3 is 2.82 bits per heavy atom. The van der Waals surface area contributed by atoms with Gasteiger partial charge in [0, 0.05) is 24.0 Å². The van der Waals surface area contributed by atoms with Gasteiger partial charge in [0.25, 0.3) is 10.0 Å². The van der Waals surface area contributed by atoms with Gasteiger partial charge in [-0.25, -0.2) is 8.42 Å². The molecule has 2 rings (SSSR count). The first-order valence-corrected chi connectivity index (χ1v) is 9.65. The van der Waals surface area contributed by atoms with Gasteiger partial charge < -0.3 is 10.6 Å². The van der Waals surface area contributed by atoms with Crippen molar-refractivity contribution in [2.24, 2.45) is 0 Å². The van der Waals surface area contributed by atoms with Crippen molar-refractivity contribution in [2.45, 2.75) is 43.0 Å². The van der Waals surface area contributed by atoms with Crippen LogP contribution >= 0.6 is 11.3 Å². The van der Waals surface area contributed by atoms with Crippen LogP contribution in [-0.4, -0.2) is 50.9 Å². The maximum atomic E-state index is 12.7. The first kappa shape index (κ1) is 17.4. The second kappa shape index (κ2) is 7.08. The quantitative estimate of drug-likeness (QED) is 0.804. The van der Waals surface area contributed by atoms with E-state index in [0.717, 1.165) is 4.88 Å². The Bertz CT molecular complexity index is 627. The fourth-order valence-electron chi connectivity index (χ4n) is 2.43. The minimum Gasteiger partial charge on any atom is -0.353 e. The number of nitrogens with zero attached hydrogens (tertiary/aromatic N) is 1. The molecule has 6 nitrogen and oxygen atoms in total. The second-order valence-corrected chi connectivity index (χ2v) is 8.98. The smallest absolute Gasteiger partial charge is 0.253 e. The van der Waals surface area contributed by atoms with Gasteiger partial charge in [-0.2, -0.15) is 4.31 Å². The molecule has 2 atom stereocenters. The SMILES string of the molecule is CNC(C)CNC(=O)C1CCCN1S(=O)(=O)c1ccc(C)s1. The lowest BCUT2D eigenvalue weighted by atomic mass is 10.2. The van der Waals surface area contributed by atoms with E-state index in [2.05, 4.69) is 10.6 Å². The zero-order valence-electron chi connectivity index (χ0n) is 13.1. The summed E-state index contributed by atoms with van der Waals surface area (Å²) in [5.74, 6) is -0.212. The summed E-state index contributed by atoms with van der Waals surface area (Å²) in [5, 5.41) is 5.87. The molecule has 8 heteroatoms. The summed E-state index contributed by atoms with van der Waals surface area (Å²) >= 11 is 1.25. The largest absolute Gasteiger partial charge is 0.353 e. The molecule has 0 saturated carbocycles. The van der Waals surface area contributed by atoms with Crippen molar-refractivity contribution < 1.29 is 13.2 Å². The Hall–Kier alpha value is -0.960. The van der Waals surface area contributed by atoms with E-state index in [9.17, 15) is 13.2 Å². The lowest BCUT2D eigenvalue weighted by molar-refractivity contribution is -0.124. The molecule has 2 unspecified atom stereocenters. The van der Waals surface area contributed by atoms with Crippen molar-refractivity contribution in [2.75, 3.05) is 20.1 Å². The Morgan fingerprint density at radius 1 is 1.50 bits per heavy atom. The summed E-state index contributed by atoms with van der Waals surface area (Å²) in [6, 6.07) is 2.95. The number of likely N-dealkylation sites (N-methyl/N-ethyl adjacent to an activating group) is 1. The van der Waals surface area contributed by atoms with Gasteiger partial charge in [-0.1, -0.05) is 0 Å². The van der Waals surface area contributed by atoms with Crippen LogP contribution in [0.3, 0.4) is 0 Å². The molecule has 0 aliphatic carbocycles. The third-order valence-corrected chi connectivity index (χ3v) is 7.24. The molecule has 1 aliphatic heterocycles. The van der Waals surface area contributed by atoms with E-state index in [-0.39, 0.29) is 11.9 Å². The van der Waals surface area contributed by atoms with E-state index < -0.39 is 16.1 Å². The standard InChI is InChI=1S/C14H23N3O3S2/c1-10(15-3)9-16-14(18)12-5-4-8-17(12)22(19,20)13-7-6-11(2)21-13/h6-7,10,12,15H,4-5,8-9H2,1-3H3,(H,16,18). The monoisotopic (exact) mass is 345 g/mol. The van der Waals surface area contributed by atoms with Gasteiger partial charge in [0.1, 0.15) is 10.3 Å². The molecule has 1 aromatic rings. The summed E-state index contributed by atoms with van der Waals surface area (Å²) in [6.07, 6.45) is 1.28. The number of amides is 1. The van der Waals surface area contributed by atoms with Gasteiger partial charge in [0.15, 0.2) is 0 Å². The van der Waals surface area contributed by atoms with Crippen LogP contribution in [0.1, 0.15) is 24.6 Å². The van der Waals surface area contributed by atoms with Crippen LogP contribution < -0.4 is 10.6 Å². The van der Waals surface area contributed by atoms with E-state index in [1.54, 1.807) is 12.1 Å². The van der Waals surface area contributed by atoms with Crippen molar-refractivity contribution in [1.82, 2.24) is 14.9 Å². The van der Waals surface area contributed by atoms with Crippen LogP contribution in [0.25, 0.3) is 0 Å². The van der Waals surface area contributed by atoms with Crippen molar-refractivity contribution in [3.05, 3.63) is 17.0 Å². The zero-order chi connectivity index (χ0) is 16.3. The molecule has 0 bridgehead atoms. The van der Waals surface area contributed by atoms with E-state index in [4.69, 9.17) is 0 Å². The highest BCUT2D eigenvalue weighted by atomic mass is 32.2. The van der Waals surface area contributed by atoms with Crippen molar-refractivity contribution >= 4 is 27.3 Å². The first-order valence-electron chi connectivity index (χ1n) is 7.39. The van der Waals surface area contributed by atoms with Crippen LogP contribution in [0.15, 0.2) is 16.3 Å². The fourth-order valence-corrected chi connectivity index (χ4v) is 5.50. The minimum absolute atomic E-state index is 0.148. The van der Waals surface area contributed by atoms with Crippen molar-refractivity contribution in [1.29, 1.82) is 0 Å². The molecule has 124 valence electrons. The third kappa shape index (κ3) is 3.68. The minimum atomic E-state index is -3.58. The highest BCUT2D eigenvalue weighted by molar-refractivity contribution is 7.91. The third-order valence-electron chi connectivity index (χ3n) is 3.86. The molecule has 2 N–H and O–H groups in total. The maximum Gasteiger partial charge on any atom is 0.253 e. The fraction of sp³-hybridized carbons (Fsp3) is 0.643. The van der Waals surface area contributed by atoms with Crippen LogP contribution in [0.4, 0.5) is 0 Å². The van der Waals surface area contributed by atoms with Gasteiger partial charge in [0.2, 0.25) is 5.91 Å². The number of nitrogens with one attached hydrogen (secondary N) is 2. The van der Waals surface area contributed by atoms with E-state index in [1.807, 2.05) is 20.9 Å². The molecule has 1 fully saturated rings. The zero-order valence-corrected chi connectivity index (χ0v) is 14.8. The summed E-state index contributed by atoms with van der Waals surface area (Å²) < 4.78 is 27.1. The lowest BCUT2D eigenvalue weighted by Crippen LogP contribution is -2.48. The molecule has 1 aromatic heterocycles. The van der Waals surface area contributed by atoms with E-state index in [0.29, 0.717) is 30.1 Å². The molecule has 1 aliphatic rings. The highest BCUT2D eigenvalue weighted by Gasteiger charge is 2.39. The molecule has 0 radical (unpaired) electrons. The molecule has 2 heterocycles. The number of carbonyl (C=O) groups excluding carboxylic acids is 1. The number of hydrogen-bond donors (Lipinski definition) is 2. The predicted octanol–water partition coefficient (Wildman–Crippen LogP) is 0.934. The molecular formula is C14H23N3O3S2. The highest BCUT2D eigenvalue weighted by Crippen LogP contribution is 2.30. The van der Waals surface area contributed by atoms with Crippen LogP contribution in [0, 0.1) is 6.92 Å². The summed E-state index contributed by atoms with van der Waals surface area (Å²) in [4.78, 5) is 13.3. The number of sulfonamides is 1. The molecule has 22 heavy (non-hydrogen) atoms. The van der Waals surface area contributed by atoms with Crippen LogP contribution in [0.5, 0.6) is 0 Å². The molecule has 1 amide bonds. The van der Waals surface area contributed by atoms with Crippen LogP contribution in [0.2, 0.25) is 0 Å². The van der Waals surface area contributed by atoms with E-state index in [1.165, 1.54) is 15.6 Å². The maximum absolute atomic E-state index is 12.7. The number of aryl methyl sites for hydroxylation is 1. The Balaban J connectivity index is 2.11. The normalized spacial score (nSPS) is 21.0. The van der Waals surface area contributed by atoms with Gasteiger partial charge in [-0.15, -0.1) is 11.3 Å². The molecule has 0 spiro atoms. The summed E-state index contributed by atoms with van der Waals surface area (Å²) in [6.45, 7) is 4.71. The number of carbonyl (C=O) groups is 1. The van der Waals surface area contributed by atoms with Gasteiger partial charge >= 0.3 is 0 Å². The summed E-state index contributed by atoms with van der Waals surface area (Å²) in [7, 11) is -1.76. The lowest BCUT2D eigenvalue weighted by Gasteiger charge is -2.23. The number of rotatable bonds is 6. The molecule has 1 saturated heterocycles. The van der Waals surface area contributed by atoms with Crippen molar-refractivity contribution in [3.63, 3.8) is 0 Å². The van der Waals surface area contributed by atoms with Gasteiger partial charge in [-0.05, 0) is 45.9 Å². The van der Waals surface area contributed by atoms with E-state index >= 15 is 0 Å². The van der Waals surface area contributed by atoms with Crippen molar-refractivity contribution in [3.8, 4) is 0 Å². The number of hydrogen-bond acceptors (Lipinski definition) is 5. The Kier molecular flexibility index (Phi) is 5.60. The average Bonchev–Trinajstić information content (AvgIpc) is 3.13. The summed E-state index contributed by atoms with van der Waals surface area (Å²) in [5.41, 5.74) is 0. The number of thiophene rings is 1. The molecule has 0 aromatic carbocycles. The second-order valence-electron chi connectivity index (χ2n) is 5.57.